The molecule has 0 saturated heterocycles. The second-order valence-electron chi connectivity index (χ2n) is 5.13. The molecule has 3 nitrogen and oxygen atoms in total. The first-order valence-corrected chi connectivity index (χ1v) is 6.33. The molecule has 0 radical (unpaired) electrons. The molecule has 0 saturated carbocycles. The summed E-state index contributed by atoms with van der Waals surface area (Å²) >= 11 is 0. The molecule has 3 rings (SSSR count). The maximum absolute atomic E-state index is 13.8. The SMILES string of the molecule is CC1CC(N)Cn2cc(-c3c(F)cccc3F)nc21. The molecule has 19 heavy (non-hydrogen) atoms. The van der Waals surface area contributed by atoms with Gasteiger partial charge in [0.25, 0.3) is 0 Å². The van der Waals surface area contributed by atoms with Crippen molar-refractivity contribution < 1.29 is 8.78 Å². The summed E-state index contributed by atoms with van der Waals surface area (Å²) in [6.45, 7) is 2.67. The molecule has 0 spiro atoms. The van der Waals surface area contributed by atoms with Crippen LogP contribution in [0.3, 0.4) is 0 Å². The number of benzene rings is 1. The Morgan fingerprint density at radius 1 is 1.32 bits per heavy atom. The van der Waals surface area contributed by atoms with Gasteiger partial charge in [-0.2, -0.15) is 0 Å². The van der Waals surface area contributed by atoms with Crippen molar-refractivity contribution in [3.8, 4) is 11.3 Å². The molecule has 2 aromatic rings. The van der Waals surface area contributed by atoms with E-state index in [0.717, 1.165) is 12.2 Å². The lowest BCUT2D eigenvalue weighted by Gasteiger charge is -2.25. The van der Waals surface area contributed by atoms with Crippen LogP contribution in [0.15, 0.2) is 24.4 Å². The van der Waals surface area contributed by atoms with Crippen LogP contribution in [-0.4, -0.2) is 15.6 Å². The topological polar surface area (TPSA) is 43.8 Å². The van der Waals surface area contributed by atoms with Crippen LogP contribution in [0.25, 0.3) is 11.3 Å². The highest BCUT2D eigenvalue weighted by molar-refractivity contribution is 5.60. The van der Waals surface area contributed by atoms with Crippen molar-refractivity contribution in [2.24, 2.45) is 5.73 Å². The van der Waals surface area contributed by atoms with E-state index in [2.05, 4.69) is 4.98 Å². The fourth-order valence-electron chi connectivity index (χ4n) is 2.72. The fraction of sp³-hybridized carbons (Fsp3) is 0.357. The van der Waals surface area contributed by atoms with Gasteiger partial charge in [-0.05, 0) is 18.6 Å². The van der Waals surface area contributed by atoms with Crippen LogP contribution in [0, 0.1) is 11.6 Å². The first kappa shape index (κ1) is 12.3. The quantitative estimate of drug-likeness (QED) is 0.859. The summed E-state index contributed by atoms with van der Waals surface area (Å²) in [5.74, 6) is -0.133. The Bertz CT molecular complexity index is 601. The van der Waals surface area contributed by atoms with Crippen molar-refractivity contribution in [3.63, 3.8) is 0 Å². The Kier molecular flexibility index (Phi) is 2.86. The zero-order valence-corrected chi connectivity index (χ0v) is 10.6. The van der Waals surface area contributed by atoms with Gasteiger partial charge >= 0.3 is 0 Å². The molecule has 100 valence electrons. The molecule has 1 aromatic heterocycles. The molecule has 1 aliphatic rings. The first-order chi connectivity index (χ1) is 9.06. The number of halogens is 2. The number of hydrogen-bond donors (Lipinski definition) is 1. The van der Waals surface area contributed by atoms with Crippen molar-refractivity contribution in [1.29, 1.82) is 0 Å². The van der Waals surface area contributed by atoms with Gasteiger partial charge in [-0.3, -0.25) is 0 Å². The van der Waals surface area contributed by atoms with Crippen molar-refractivity contribution in [3.05, 3.63) is 41.9 Å². The minimum Gasteiger partial charge on any atom is -0.332 e. The number of imidazole rings is 1. The van der Waals surface area contributed by atoms with E-state index in [9.17, 15) is 8.78 Å². The fourth-order valence-corrected chi connectivity index (χ4v) is 2.72. The third-order valence-corrected chi connectivity index (χ3v) is 3.55. The lowest BCUT2D eigenvalue weighted by atomic mass is 9.98. The van der Waals surface area contributed by atoms with Gasteiger partial charge in [0.2, 0.25) is 0 Å². The summed E-state index contributed by atoms with van der Waals surface area (Å²) in [6.07, 6.45) is 2.53. The number of rotatable bonds is 1. The van der Waals surface area contributed by atoms with Gasteiger partial charge in [-0.1, -0.05) is 13.0 Å². The van der Waals surface area contributed by atoms with Gasteiger partial charge in [0, 0.05) is 24.7 Å². The van der Waals surface area contributed by atoms with E-state index in [1.165, 1.54) is 18.2 Å². The highest BCUT2D eigenvalue weighted by Gasteiger charge is 2.25. The van der Waals surface area contributed by atoms with Crippen molar-refractivity contribution in [2.45, 2.75) is 31.8 Å². The first-order valence-electron chi connectivity index (χ1n) is 6.33. The standard InChI is InChI=1S/C14H15F2N3/c1-8-5-9(17)6-19-7-12(18-14(8)19)13-10(15)3-2-4-11(13)16/h2-4,7-9H,5-6,17H2,1H3. The van der Waals surface area contributed by atoms with E-state index < -0.39 is 11.6 Å². The second kappa shape index (κ2) is 4.42. The molecular weight excluding hydrogens is 248 g/mol. The number of fused-ring (bicyclic) bond motifs is 1. The van der Waals surface area contributed by atoms with Gasteiger partial charge < -0.3 is 10.3 Å². The summed E-state index contributed by atoms with van der Waals surface area (Å²) in [5.41, 5.74) is 6.23. The lowest BCUT2D eigenvalue weighted by molar-refractivity contribution is 0.407. The molecule has 2 unspecified atom stereocenters. The van der Waals surface area contributed by atoms with Gasteiger partial charge in [0.05, 0.1) is 11.3 Å². The summed E-state index contributed by atoms with van der Waals surface area (Å²) in [4.78, 5) is 4.39. The van der Waals surface area contributed by atoms with E-state index >= 15 is 0 Å². The summed E-state index contributed by atoms with van der Waals surface area (Å²) < 4.78 is 29.4. The number of aromatic nitrogens is 2. The molecule has 2 N–H and O–H groups in total. The van der Waals surface area contributed by atoms with E-state index in [0.29, 0.717) is 12.2 Å². The Balaban J connectivity index is 2.11. The Morgan fingerprint density at radius 3 is 2.68 bits per heavy atom. The van der Waals surface area contributed by atoms with E-state index in [-0.39, 0.29) is 17.5 Å². The number of nitrogens with two attached hydrogens (primary N) is 1. The normalized spacial score (nSPS) is 22.3. The minimum atomic E-state index is -0.590. The van der Waals surface area contributed by atoms with E-state index in [4.69, 9.17) is 5.73 Å². The third kappa shape index (κ3) is 2.04. The monoisotopic (exact) mass is 263 g/mol. The Hall–Kier alpha value is -1.75. The molecule has 0 bridgehead atoms. The molecule has 0 amide bonds. The van der Waals surface area contributed by atoms with Crippen molar-refractivity contribution in [1.82, 2.24) is 9.55 Å². The predicted octanol–water partition coefficient (Wildman–Crippen LogP) is 2.66. The maximum Gasteiger partial charge on any atom is 0.135 e. The van der Waals surface area contributed by atoms with Crippen LogP contribution in [0.5, 0.6) is 0 Å². The molecule has 1 aliphatic heterocycles. The summed E-state index contributed by atoms with van der Waals surface area (Å²) in [5, 5.41) is 0. The summed E-state index contributed by atoms with van der Waals surface area (Å²) in [6, 6.07) is 3.90. The van der Waals surface area contributed by atoms with Crippen LogP contribution in [0.2, 0.25) is 0 Å². The van der Waals surface area contributed by atoms with Crippen LogP contribution in [-0.2, 0) is 6.54 Å². The Labute approximate surface area is 110 Å². The minimum absolute atomic E-state index is 0.0647. The number of hydrogen-bond acceptors (Lipinski definition) is 2. The third-order valence-electron chi connectivity index (χ3n) is 3.55. The molecule has 5 heteroatoms. The zero-order chi connectivity index (χ0) is 13.6. The van der Waals surface area contributed by atoms with Gasteiger partial charge in [0.15, 0.2) is 0 Å². The van der Waals surface area contributed by atoms with E-state index in [1.807, 2.05) is 11.5 Å². The summed E-state index contributed by atoms with van der Waals surface area (Å²) in [7, 11) is 0. The average Bonchev–Trinajstić information content (AvgIpc) is 2.72. The van der Waals surface area contributed by atoms with E-state index in [1.54, 1.807) is 6.20 Å². The largest absolute Gasteiger partial charge is 0.332 e. The van der Waals surface area contributed by atoms with Crippen LogP contribution in [0.1, 0.15) is 25.1 Å². The molecule has 2 heterocycles. The molecule has 0 aliphatic carbocycles. The smallest absolute Gasteiger partial charge is 0.135 e. The molecular formula is C14H15F2N3. The second-order valence-corrected chi connectivity index (χ2v) is 5.13. The predicted molar refractivity (Wildman–Crippen MR) is 68.6 cm³/mol. The van der Waals surface area contributed by atoms with Crippen molar-refractivity contribution >= 4 is 0 Å². The van der Waals surface area contributed by atoms with Gasteiger partial charge in [0.1, 0.15) is 17.5 Å². The average molecular weight is 263 g/mol. The lowest BCUT2D eigenvalue weighted by Crippen LogP contribution is -2.33. The van der Waals surface area contributed by atoms with Crippen LogP contribution in [0.4, 0.5) is 8.78 Å². The highest BCUT2D eigenvalue weighted by Crippen LogP contribution is 2.31. The Morgan fingerprint density at radius 2 is 2.00 bits per heavy atom. The van der Waals surface area contributed by atoms with Gasteiger partial charge in [-0.15, -0.1) is 0 Å². The molecule has 0 fully saturated rings. The van der Waals surface area contributed by atoms with Crippen LogP contribution < -0.4 is 5.73 Å². The highest BCUT2D eigenvalue weighted by atomic mass is 19.1. The number of nitrogens with zero attached hydrogens (tertiary/aromatic N) is 2. The van der Waals surface area contributed by atoms with Crippen molar-refractivity contribution in [2.75, 3.05) is 0 Å². The maximum atomic E-state index is 13.8. The molecule has 1 aromatic carbocycles. The van der Waals surface area contributed by atoms with Crippen LogP contribution >= 0.6 is 0 Å². The molecule has 2 atom stereocenters. The zero-order valence-electron chi connectivity index (χ0n) is 10.6. The van der Waals surface area contributed by atoms with Gasteiger partial charge in [-0.25, -0.2) is 13.8 Å².